The van der Waals surface area contributed by atoms with Crippen LogP contribution in [0.1, 0.15) is 32.6 Å². The number of nitro groups is 1. The zero-order valence-corrected chi connectivity index (χ0v) is 7.14. The Kier molecular flexibility index (Phi) is 5.57. The van der Waals surface area contributed by atoms with E-state index in [0.717, 1.165) is 6.42 Å². The number of nitrogens with zero attached hydrogens (tertiary/aromatic N) is 1. The van der Waals surface area contributed by atoms with Gasteiger partial charge in [-0.15, -0.1) is 0 Å². The van der Waals surface area contributed by atoms with Gasteiger partial charge >= 0.3 is 0 Å². The van der Waals surface area contributed by atoms with Crippen molar-refractivity contribution in [1.82, 2.24) is 0 Å². The summed E-state index contributed by atoms with van der Waals surface area (Å²) in [5.41, 5.74) is 0. The number of aliphatic hydroxyl groups excluding tert-OH is 1. The number of rotatable bonds is 6. The quantitative estimate of drug-likeness (QED) is 0.352. The molecule has 5 heteroatoms. The van der Waals surface area contributed by atoms with Gasteiger partial charge in [-0.2, -0.15) is 0 Å². The second-order valence-electron chi connectivity index (χ2n) is 2.79. The summed E-state index contributed by atoms with van der Waals surface area (Å²) in [6.45, 7) is 1.87. The third-order valence-electron chi connectivity index (χ3n) is 1.68. The molecule has 0 fully saturated rings. The molecule has 0 bridgehead atoms. The predicted molar refractivity (Wildman–Crippen MR) is 43.2 cm³/mol. The summed E-state index contributed by atoms with van der Waals surface area (Å²) >= 11 is 0. The molecule has 5 nitrogen and oxygen atoms in total. The van der Waals surface area contributed by atoms with E-state index < -0.39 is 12.3 Å². The Morgan fingerprint density at radius 3 is 2.25 bits per heavy atom. The molecule has 1 unspecified atom stereocenters. The maximum absolute atomic E-state index is 10.3. The molecule has 0 aliphatic heterocycles. The summed E-state index contributed by atoms with van der Waals surface area (Å²) in [7, 11) is 0. The Morgan fingerprint density at radius 1 is 1.33 bits per heavy atom. The first kappa shape index (κ1) is 11.3. The maximum Gasteiger partial charge on any atom is 0.213 e. The molecule has 2 N–H and O–H groups in total. The third kappa shape index (κ3) is 5.03. The molecular weight excluding hydrogens is 162 g/mol. The molecule has 12 heavy (non-hydrogen) atoms. The van der Waals surface area contributed by atoms with E-state index >= 15 is 0 Å². The lowest BCUT2D eigenvalue weighted by molar-refractivity contribution is -0.525. The molecule has 0 saturated carbocycles. The van der Waals surface area contributed by atoms with Crippen molar-refractivity contribution in [3.05, 3.63) is 10.1 Å². The van der Waals surface area contributed by atoms with Gasteiger partial charge in [0.05, 0.1) is 0 Å². The topological polar surface area (TPSA) is 83.6 Å². The summed E-state index contributed by atoms with van der Waals surface area (Å²) in [4.78, 5) is 9.99. The molecule has 0 rings (SSSR count). The zero-order valence-electron chi connectivity index (χ0n) is 7.14. The standard InChI is InChI=1S/C7H15NO4/c1-2-3-6(8(11)12)4-5-7(9)10/h6-7,9-10H,2-5H2,1H3. The van der Waals surface area contributed by atoms with Crippen LogP contribution in [0.25, 0.3) is 0 Å². The summed E-state index contributed by atoms with van der Waals surface area (Å²) < 4.78 is 0. The smallest absolute Gasteiger partial charge is 0.213 e. The van der Waals surface area contributed by atoms with Crippen LogP contribution in [0, 0.1) is 10.1 Å². The van der Waals surface area contributed by atoms with Gasteiger partial charge in [0.25, 0.3) is 0 Å². The Hall–Kier alpha value is -0.680. The van der Waals surface area contributed by atoms with Crippen LogP contribution in [0.2, 0.25) is 0 Å². The second-order valence-corrected chi connectivity index (χ2v) is 2.79. The highest BCUT2D eigenvalue weighted by Crippen LogP contribution is 2.09. The van der Waals surface area contributed by atoms with Crippen LogP contribution in [0.5, 0.6) is 0 Å². The van der Waals surface area contributed by atoms with Crippen LogP contribution >= 0.6 is 0 Å². The lowest BCUT2D eigenvalue weighted by Gasteiger charge is -2.08. The Bertz CT molecular complexity index is 137. The van der Waals surface area contributed by atoms with E-state index in [4.69, 9.17) is 10.2 Å². The monoisotopic (exact) mass is 177 g/mol. The first-order valence-corrected chi connectivity index (χ1v) is 4.07. The van der Waals surface area contributed by atoms with Gasteiger partial charge in [0.1, 0.15) is 0 Å². The van der Waals surface area contributed by atoms with Crippen LogP contribution < -0.4 is 0 Å². The highest BCUT2D eigenvalue weighted by Gasteiger charge is 2.19. The first-order valence-electron chi connectivity index (χ1n) is 4.07. The molecule has 0 aromatic rings. The molecule has 0 aliphatic carbocycles. The Morgan fingerprint density at radius 2 is 1.92 bits per heavy atom. The fourth-order valence-electron chi connectivity index (χ4n) is 1.03. The van der Waals surface area contributed by atoms with E-state index in [1.54, 1.807) is 0 Å². The Labute approximate surface area is 71.2 Å². The molecule has 0 aromatic carbocycles. The van der Waals surface area contributed by atoms with Gasteiger partial charge < -0.3 is 10.2 Å². The first-order chi connectivity index (χ1) is 5.57. The minimum Gasteiger partial charge on any atom is -0.368 e. The van der Waals surface area contributed by atoms with Gasteiger partial charge in [0.15, 0.2) is 6.29 Å². The lowest BCUT2D eigenvalue weighted by atomic mass is 10.1. The van der Waals surface area contributed by atoms with Gasteiger partial charge in [-0.05, 0) is 6.42 Å². The lowest BCUT2D eigenvalue weighted by Crippen LogP contribution is -2.21. The summed E-state index contributed by atoms with van der Waals surface area (Å²) in [5.74, 6) is 0. The van der Waals surface area contributed by atoms with Gasteiger partial charge in [-0.3, -0.25) is 10.1 Å². The molecule has 0 spiro atoms. The fraction of sp³-hybridized carbons (Fsp3) is 1.00. The summed E-state index contributed by atoms with van der Waals surface area (Å²) in [5, 5.41) is 27.3. The van der Waals surface area contributed by atoms with Crippen LogP contribution in [0.15, 0.2) is 0 Å². The van der Waals surface area contributed by atoms with Crippen LogP contribution in [0.3, 0.4) is 0 Å². The number of hydrogen-bond donors (Lipinski definition) is 2. The van der Waals surface area contributed by atoms with E-state index in [1.165, 1.54) is 0 Å². The number of hydrogen-bond acceptors (Lipinski definition) is 4. The molecular formula is C7H15NO4. The second kappa shape index (κ2) is 5.91. The third-order valence-corrected chi connectivity index (χ3v) is 1.68. The highest BCUT2D eigenvalue weighted by molar-refractivity contribution is 4.56. The molecule has 0 aromatic heterocycles. The van der Waals surface area contributed by atoms with Crippen LogP contribution in [0.4, 0.5) is 0 Å². The van der Waals surface area contributed by atoms with E-state index in [-0.39, 0.29) is 17.8 Å². The molecule has 0 amide bonds. The van der Waals surface area contributed by atoms with E-state index in [9.17, 15) is 10.1 Å². The molecule has 0 saturated heterocycles. The fourth-order valence-corrected chi connectivity index (χ4v) is 1.03. The van der Waals surface area contributed by atoms with Crippen LogP contribution in [-0.4, -0.2) is 27.5 Å². The molecule has 0 radical (unpaired) electrons. The largest absolute Gasteiger partial charge is 0.368 e. The van der Waals surface area contributed by atoms with Crippen LogP contribution in [-0.2, 0) is 0 Å². The Balaban J connectivity index is 3.71. The molecule has 0 heterocycles. The van der Waals surface area contributed by atoms with Crippen molar-refractivity contribution in [2.45, 2.75) is 44.9 Å². The molecule has 0 aliphatic rings. The van der Waals surface area contributed by atoms with Crippen molar-refractivity contribution in [2.75, 3.05) is 0 Å². The average Bonchev–Trinajstić information content (AvgIpc) is 1.96. The SMILES string of the molecule is CCCC(CCC(O)O)[N+](=O)[O-]. The van der Waals surface area contributed by atoms with Crippen molar-refractivity contribution in [1.29, 1.82) is 0 Å². The average molecular weight is 177 g/mol. The van der Waals surface area contributed by atoms with Gasteiger partial charge in [-0.1, -0.05) is 6.92 Å². The summed E-state index contributed by atoms with van der Waals surface area (Å²) in [6, 6.07) is -0.628. The van der Waals surface area contributed by atoms with Gasteiger partial charge in [0, 0.05) is 24.2 Å². The van der Waals surface area contributed by atoms with Crippen molar-refractivity contribution in [2.24, 2.45) is 0 Å². The van der Waals surface area contributed by atoms with Gasteiger partial charge in [0.2, 0.25) is 6.04 Å². The van der Waals surface area contributed by atoms with Crippen molar-refractivity contribution in [3.63, 3.8) is 0 Å². The van der Waals surface area contributed by atoms with E-state index in [1.807, 2.05) is 6.92 Å². The van der Waals surface area contributed by atoms with Crippen molar-refractivity contribution < 1.29 is 15.1 Å². The molecule has 72 valence electrons. The van der Waals surface area contributed by atoms with E-state index in [2.05, 4.69) is 0 Å². The zero-order chi connectivity index (χ0) is 9.56. The maximum atomic E-state index is 10.3. The van der Waals surface area contributed by atoms with Crippen molar-refractivity contribution >= 4 is 0 Å². The van der Waals surface area contributed by atoms with Gasteiger partial charge in [-0.25, -0.2) is 0 Å². The number of aliphatic hydroxyl groups is 2. The van der Waals surface area contributed by atoms with E-state index in [0.29, 0.717) is 6.42 Å². The normalized spacial score (nSPS) is 13.3. The summed E-state index contributed by atoms with van der Waals surface area (Å²) in [6.07, 6.45) is 0.126. The minimum atomic E-state index is -1.43. The minimum absolute atomic E-state index is 0.0750. The highest BCUT2D eigenvalue weighted by atomic mass is 16.6. The molecule has 1 atom stereocenters. The van der Waals surface area contributed by atoms with Crippen molar-refractivity contribution in [3.8, 4) is 0 Å². The predicted octanol–water partition coefficient (Wildman–Crippen LogP) is 0.523.